The van der Waals surface area contributed by atoms with E-state index in [4.69, 9.17) is 0 Å². The molecule has 2 aromatic carbocycles. The Morgan fingerprint density at radius 3 is 2.45 bits per heavy atom. The number of carbonyl (C=O) groups excluding carboxylic acids is 1. The number of carbonyl (C=O) groups is 1. The number of benzene rings is 2. The van der Waals surface area contributed by atoms with Crippen molar-refractivity contribution >= 4 is 15.9 Å². The second kappa shape index (κ2) is 8.87. The zero-order chi connectivity index (χ0) is 21.0. The Balaban J connectivity index is 1.72. The van der Waals surface area contributed by atoms with E-state index in [0.717, 1.165) is 11.1 Å². The lowest BCUT2D eigenvalue weighted by molar-refractivity contribution is -0.125. The lowest BCUT2D eigenvalue weighted by atomic mass is 9.95. The van der Waals surface area contributed by atoms with Crippen molar-refractivity contribution in [1.82, 2.24) is 9.62 Å². The van der Waals surface area contributed by atoms with Gasteiger partial charge in [-0.25, -0.2) is 8.42 Å². The number of alkyl halides is 2. The van der Waals surface area contributed by atoms with Crippen LogP contribution in [0, 0.1) is 0 Å². The van der Waals surface area contributed by atoms with Crippen molar-refractivity contribution in [2.45, 2.75) is 39.1 Å². The Morgan fingerprint density at radius 2 is 1.83 bits per heavy atom. The van der Waals surface area contributed by atoms with E-state index < -0.39 is 28.6 Å². The molecule has 1 heterocycles. The first kappa shape index (κ1) is 21.2. The van der Waals surface area contributed by atoms with Gasteiger partial charge in [-0.05, 0) is 42.2 Å². The second-order valence-electron chi connectivity index (χ2n) is 6.67. The minimum Gasteiger partial charge on any atom is -0.435 e. The molecular formula is C20H22F2N2O4S. The van der Waals surface area contributed by atoms with Gasteiger partial charge in [0.2, 0.25) is 15.9 Å². The van der Waals surface area contributed by atoms with E-state index in [-0.39, 0.29) is 24.6 Å². The first-order valence-electron chi connectivity index (χ1n) is 9.18. The molecule has 1 aliphatic heterocycles. The molecule has 0 aliphatic carbocycles. The number of fused-ring (bicyclic) bond motifs is 1. The van der Waals surface area contributed by atoms with Gasteiger partial charge in [0.05, 0.1) is 5.75 Å². The van der Waals surface area contributed by atoms with Gasteiger partial charge in [0.25, 0.3) is 0 Å². The predicted octanol–water partition coefficient (Wildman–Crippen LogP) is 2.68. The molecule has 29 heavy (non-hydrogen) atoms. The van der Waals surface area contributed by atoms with Crippen LogP contribution in [0.4, 0.5) is 8.78 Å². The molecule has 9 heteroatoms. The third kappa shape index (κ3) is 5.10. The molecule has 1 atom stereocenters. The molecule has 0 radical (unpaired) electrons. The minimum atomic E-state index is -3.57. The molecule has 0 bridgehead atoms. The average molecular weight is 424 g/mol. The van der Waals surface area contributed by atoms with E-state index in [1.54, 1.807) is 19.1 Å². The summed E-state index contributed by atoms with van der Waals surface area (Å²) in [6, 6.07) is 12.5. The van der Waals surface area contributed by atoms with Gasteiger partial charge in [-0.15, -0.1) is 0 Å². The molecule has 156 valence electrons. The fourth-order valence-corrected chi connectivity index (χ4v) is 4.50. The molecule has 0 spiro atoms. The topological polar surface area (TPSA) is 75.7 Å². The lowest BCUT2D eigenvalue weighted by Gasteiger charge is -2.34. The summed E-state index contributed by atoms with van der Waals surface area (Å²) < 4.78 is 55.1. The van der Waals surface area contributed by atoms with Gasteiger partial charge in [-0.1, -0.05) is 36.4 Å². The number of rotatable bonds is 7. The van der Waals surface area contributed by atoms with Crippen LogP contribution >= 0.6 is 0 Å². The molecule has 0 aromatic heterocycles. The first-order chi connectivity index (χ1) is 13.8. The standard InChI is InChI=1S/C20H22F2N2O4S/c1-2-29(26,27)24-13-16-6-4-3-5-15(16)11-18(24)19(25)23-12-14-7-9-17(10-8-14)28-20(21)22/h3-10,18,20H,2,11-13H2,1H3,(H,23,25). The van der Waals surface area contributed by atoms with E-state index >= 15 is 0 Å². The van der Waals surface area contributed by atoms with Crippen molar-refractivity contribution in [2.24, 2.45) is 0 Å². The van der Waals surface area contributed by atoms with E-state index in [1.165, 1.54) is 16.4 Å². The summed E-state index contributed by atoms with van der Waals surface area (Å²) in [7, 11) is -3.57. The number of nitrogens with one attached hydrogen (secondary N) is 1. The third-order valence-corrected chi connectivity index (χ3v) is 6.67. The first-order valence-corrected chi connectivity index (χ1v) is 10.8. The highest BCUT2D eigenvalue weighted by molar-refractivity contribution is 7.89. The van der Waals surface area contributed by atoms with E-state index in [0.29, 0.717) is 12.0 Å². The van der Waals surface area contributed by atoms with Crippen LogP contribution in [0.25, 0.3) is 0 Å². The Labute approximate surface area is 168 Å². The molecular weight excluding hydrogens is 402 g/mol. The van der Waals surface area contributed by atoms with Gasteiger partial charge < -0.3 is 10.1 Å². The van der Waals surface area contributed by atoms with Crippen molar-refractivity contribution in [3.8, 4) is 5.75 Å². The summed E-state index contributed by atoms with van der Waals surface area (Å²) in [5.74, 6) is -0.464. The zero-order valence-electron chi connectivity index (χ0n) is 15.8. The number of halogens is 2. The highest BCUT2D eigenvalue weighted by Gasteiger charge is 2.37. The van der Waals surface area contributed by atoms with Crippen molar-refractivity contribution in [3.63, 3.8) is 0 Å². The Kier molecular flexibility index (Phi) is 6.49. The van der Waals surface area contributed by atoms with Gasteiger partial charge in [0, 0.05) is 13.1 Å². The number of ether oxygens (including phenoxy) is 1. The predicted molar refractivity (Wildman–Crippen MR) is 104 cm³/mol. The smallest absolute Gasteiger partial charge is 0.387 e. The molecule has 6 nitrogen and oxygen atoms in total. The summed E-state index contributed by atoms with van der Waals surface area (Å²) in [5, 5.41) is 2.75. The van der Waals surface area contributed by atoms with E-state index in [1.807, 2.05) is 24.3 Å². The monoisotopic (exact) mass is 424 g/mol. The van der Waals surface area contributed by atoms with Gasteiger partial charge in [-0.3, -0.25) is 4.79 Å². The highest BCUT2D eigenvalue weighted by atomic mass is 32.2. The average Bonchev–Trinajstić information content (AvgIpc) is 2.71. The van der Waals surface area contributed by atoms with E-state index in [9.17, 15) is 22.0 Å². The molecule has 0 saturated heterocycles. The van der Waals surface area contributed by atoms with Crippen LogP contribution in [-0.2, 0) is 34.3 Å². The molecule has 2 aromatic rings. The van der Waals surface area contributed by atoms with Crippen LogP contribution in [0.1, 0.15) is 23.6 Å². The number of amides is 1. The SMILES string of the molecule is CCS(=O)(=O)N1Cc2ccccc2CC1C(=O)NCc1ccc(OC(F)F)cc1. The third-order valence-electron chi connectivity index (χ3n) is 4.85. The fraction of sp³-hybridized carbons (Fsp3) is 0.350. The molecule has 0 saturated carbocycles. The van der Waals surface area contributed by atoms with Crippen molar-refractivity contribution in [3.05, 3.63) is 65.2 Å². The Bertz CT molecular complexity index is 965. The number of sulfonamides is 1. The maximum Gasteiger partial charge on any atom is 0.387 e. The summed E-state index contributed by atoms with van der Waals surface area (Å²) >= 11 is 0. The van der Waals surface area contributed by atoms with Crippen LogP contribution in [-0.4, -0.2) is 37.0 Å². The fourth-order valence-electron chi connectivity index (χ4n) is 3.28. The Hall–Kier alpha value is -2.52. The normalized spacial score (nSPS) is 17.0. The minimum absolute atomic E-state index is 0.0270. The summed E-state index contributed by atoms with van der Waals surface area (Å²) in [4.78, 5) is 12.8. The van der Waals surface area contributed by atoms with Crippen LogP contribution in [0.2, 0.25) is 0 Å². The van der Waals surface area contributed by atoms with E-state index in [2.05, 4.69) is 10.1 Å². The van der Waals surface area contributed by atoms with Crippen LogP contribution < -0.4 is 10.1 Å². The summed E-state index contributed by atoms with van der Waals surface area (Å²) in [6.07, 6.45) is 0.294. The van der Waals surface area contributed by atoms with Gasteiger partial charge in [0.1, 0.15) is 11.8 Å². The largest absolute Gasteiger partial charge is 0.435 e. The maximum absolute atomic E-state index is 12.8. The van der Waals surface area contributed by atoms with Crippen molar-refractivity contribution in [1.29, 1.82) is 0 Å². The molecule has 1 amide bonds. The van der Waals surface area contributed by atoms with Crippen molar-refractivity contribution < 1.29 is 26.7 Å². The summed E-state index contributed by atoms with van der Waals surface area (Å²) in [6.45, 7) is -1.05. The molecule has 1 aliphatic rings. The number of hydrogen-bond acceptors (Lipinski definition) is 4. The molecule has 1 unspecified atom stereocenters. The number of nitrogens with zero attached hydrogens (tertiary/aromatic N) is 1. The number of hydrogen-bond donors (Lipinski definition) is 1. The molecule has 1 N–H and O–H groups in total. The van der Waals surface area contributed by atoms with Crippen LogP contribution in [0.15, 0.2) is 48.5 Å². The quantitative estimate of drug-likeness (QED) is 0.742. The van der Waals surface area contributed by atoms with Crippen molar-refractivity contribution in [2.75, 3.05) is 5.75 Å². The molecule has 0 fully saturated rings. The zero-order valence-corrected chi connectivity index (χ0v) is 16.7. The van der Waals surface area contributed by atoms with Gasteiger partial charge in [0.15, 0.2) is 0 Å². The lowest BCUT2D eigenvalue weighted by Crippen LogP contribution is -2.52. The highest BCUT2D eigenvalue weighted by Crippen LogP contribution is 2.26. The van der Waals surface area contributed by atoms with Gasteiger partial charge in [-0.2, -0.15) is 13.1 Å². The molecule has 3 rings (SSSR count). The Morgan fingerprint density at radius 1 is 1.17 bits per heavy atom. The maximum atomic E-state index is 12.8. The summed E-state index contributed by atoms with van der Waals surface area (Å²) in [5.41, 5.74) is 2.52. The van der Waals surface area contributed by atoms with Crippen LogP contribution in [0.5, 0.6) is 5.75 Å². The van der Waals surface area contributed by atoms with Crippen LogP contribution in [0.3, 0.4) is 0 Å². The second-order valence-corrected chi connectivity index (χ2v) is 8.88. The van der Waals surface area contributed by atoms with Gasteiger partial charge >= 0.3 is 6.61 Å².